The van der Waals surface area contributed by atoms with E-state index in [1.54, 1.807) is 42.5 Å². The second kappa shape index (κ2) is 8.23. The molecular weight excluding hydrogens is 333 g/mol. The molecule has 0 unspecified atom stereocenters. The molecule has 2 aromatic rings. The van der Waals surface area contributed by atoms with Gasteiger partial charge in [0.05, 0.1) is 6.61 Å². The fraction of sp³-hybridized carbons (Fsp3) is 0.278. The van der Waals surface area contributed by atoms with Crippen LogP contribution in [0.2, 0.25) is 10.0 Å². The first-order valence-electron chi connectivity index (χ1n) is 7.40. The molecule has 0 heterocycles. The number of carbonyl (C=O) groups excluding carboxylic acids is 1. The van der Waals surface area contributed by atoms with Gasteiger partial charge in [0.1, 0.15) is 5.75 Å². The van der Waals surface area contributed by atoms with Crippen LogP contribution in [0.15, 0.2) is 42.5 Å². The molecule has 0 bridgehead atoms. The molecule has 0 saturated heterocycles. The minimum atomic E-state index is -0.161. The highest BCUT2D eigenvalue weighted by Crippen LogP contribution is 2.21. The van der Waals surface area contributed by atoms with E-state index >= 15 is 0 Å². The van der Waals surface area contributed by atoms with Crippen molar-refractivity contribution in [1.29, 1.82) is 0 Å². The number of amides is 1. The number of hydrogen-bond acceptors (Lipinski definition) is 2. The van der Waals surface area contributed by atoms with Gasteiger partial charge in [-0.15, -0.1) is 0 Å². The van der Waals surface area contributed by atoms with Crippen LogP contribution in [0.3, 0.4) is 0 Å². The summed E-state index contributed by atoms with van der Waals surface area (Å²) in [4.78, 5) is 12.2. The van der Waals surface area contributed by atoms with Crippen LogP contribution in [-0.2, 0) is 6.54 Å². The number of rotatable bonds is 6. The van der Waals surface area contributed by atoms with Gasteiger partial charge in [-0.25, -0.2) is 0 Å². The van der Waals surface area contributed by atoms with Gasteiger partial charge in [0.2, 0.25) is 0 Å². The van der Waals surface area contributed by atoms with E-state index in [0.29, 0.717) is 34.7 Å². The van der Waals surface area contributed by atoms with Crippen LogP contribution in [-0.4, -0.2) is 12.5 Å². The van der Waals surface area contributed by atoms with Gasteiger partial charge >= 0.3 is 0 Å². The van der Waals surface area contributed by atoms with Crippen LogP contribution in [0.1, 0.15) is 29.8 Å². The molecule has 2 rings (SSSR count). The summed E-state index contributed by atoms with van der Waals surface area (Å²) in [6, 6.07) is 12.3. The van der Waals surface area contributed by atoms with Crippen molar-refractivity contribution < 1.29 is 9.53 Å². The lowest BCUT2D eigenvalue weighted by Crippen LogP contribution is -2.22. The zero-order chi connectivity index (χ0) is 16.8. The quantitative estimate of drug-likeness (QED) is 0.798. The minimum Gasteiger partial charge on any atom is -0.493 e. The number of hydrogen-bond donors (Lipinski definition) is 1. The molecule has 0 aromatic heterocycles. The zero-order valence-corrected chi connectivity index (χ0v) is 14.6. The Balaban J connectivity index is 1.92. The molecule has 0 aliphatic heterocycles. The maximum absolute atomic E-state index is 12.2. The second-order valence-corrected chi connectivity index (χ2v) is 6.49. The van der Waals surface area contributed by atoms with E-state index in [1.165, 1.54) is 0 Å². The molecule has 122 valence electrons. The molecule has 2 aromatic carbocycles. The standard InChI is InChI=1S/C18H19Cl2NO2/c1-12(2)11-23-16-7-4-13(5-8-16)18(22)21-10-14-3-6-15(19)9-17(14)20/h3-9,12H,10-11H2,1-2H3,(H,21,22). The third kappa shape index (κ3) is 5.45. The van der Waals surface area contributed by atoms with E-state index < -0.39 is 0 Å². The van der Waals surface area contributed by atoms with Crippen LogP contribution in [0.5, 0.6) is 5.75 Å². The van der Waals surface area contributed by atoms with Gasteiger partial charge in [0, 0.05) is 22.2 Å². The molecule has 0 aliphatic carbocycles. The summed E-state index contributed by atoms with van der Waals surface area (Å²) >= 11 is 11.9. The number of nitrogens with one attached hydrogen (secondary N) is 1. The van der Waals surface area contributed by atoms with Crippen LogP contribution in [0.4, 0.5) is 0 Å². The Labute approximate surface area is 146 Å². The SMILES string of the molecule is CC(C)COc1ccc(C(=O)NCc2ccc(Cl)cc2Cl)cc1. The molecule has 3 nitrogen and oxygen atoms in total. The lowest BCUT2D eigenvalue weighted by atomic mass is 10.2. The Morgan fingerprint density at radius 1 is 1.13 bits per heavy atom. The Kier molecular flexibility index (Phi) is 6.31. The van der Waals surface area contributed by atoms with Gasteiger partial charge in [-0.1, -0.05) is 43.1 Å². The van der Waals surface area contributed by atoms with E-state index in [4.69, 9.17) is 27.9 Å². The third-order valence-electron chi connectivity index (χ3n) is 3.15. The first-order valence-corrected chi connectivity index (χ1v) is 8.16. The molecule has 0 fully saturated rings. The van der Waals surface area contributed by atoms with E-state index in [-0.39, 0.29) is 5.91 Å². The maximum Gasteiger partial charge on any atom is 0.251 e. The minimum absolute atomic E-state index is 0.161. The first-order chi connectivity index (χ1) is 11.0. The fourth-order valence-electron chi connectivity index (χ4n) is 1.91. The normalized spacial score (nSPS) is 10.7. The van der Waals surface area contributed by atoms with E-state index in [2.05, 4.69) is 19.2 Å². The number of benzene rings is 2. The molecule has 0 saturated carbocycles. The summed E-state index contributed by atoms with van der Waals surface area (Å²) in [5.74, 6) is 1.06. The molecule has 1 amide bonds. The lowest BCUT2D eigenvalue weighted by molar-refractivity contribution is 0.0951. The molecule has 0 atom stereocenters. The molecule has 0 aliphatic rings. The third-order valence-corrected chi connectivity index (χ3v) is 3.74. The van der Waals surface area contributed by atoms with Gasteiger partial charge < -0.3 is 10.1 Å². The summed E-state index contributed by atoms with van der Waals surface area (Å²) in [7, 11) is 0. The number of carbonyl (C=O) groups is 1. The van der Waals surface area contributed by atoms with Crippen molar-refractivity contribution in [2.45, 2.75) is 20.4 Å². The summed E-state index contributed by atoms with van der Waals surface area (Å²) < 4.78 is 5.60. The first kappa shape index (κ1) is 17.6. The fourth-order valence-corrected chi connectivity index (χ4v) is 2.38. The largest absolute Gasteiger partial charge is 0.493 e. The summed E-state index contributed by atoms with van der Waals surface area (Å²) in [5, 5.41) is 3.95. The predicted molar refractivity (Wildman–Crippen MR) is 94.4 cm³/mol. The number of halogens is 2. The number of ether oxygens (including phenoxy) is 1. The second-order valence-electron chi connectivity index (χ2n) is 5.65. The van der Waals surface area contributed by atoms with Crippen LogP contribution >= 0.6 is 23.2 Å². The van der Waals surface area contributed by atoms with E-state index in [0.717, 1.165) is 11.3 Å². The van der Waals surface area contributed by atoms with Gasteiger partial charge in [0.15, 0.2) is 0 Å². The summed E-state index contributed by atoms with van der Waals surface area (Å²) in [6.45, 7) is 5.18. The molecule has 1 N–H and O–H groups in total. The predicted octanol–water partition coefficient (Wildman–Crippen LogP) is 4.96. The highest BCUT2D eigenvalue weighted by molar-refractivity contribution is 6.35. The van der Waals surface area contributed by atoms with Crippen LogP contribution < -0.4 is 10.1 Å². The van der Waals surface area contributed by atoms with Gasteiger partial charge in [-0.2, -0.15) is 0 Å². The molecular formula is C18H19Cl2NO2. The molecule has 5 heteroatoms. The van der Waals surface area contributed by atoms with Crippen molar-refractivity contribution in [1.82, 2.24) is 5.32 Å². The van der Waals surface area contributed by atoms with E-state index in [9.17, 15) is 4.79 Å². The monoisotopic (exact) mass is 351 g/mol. The Hall–Kier alpha value is -1.71. The summed E-state index contributed by atoms with van der Waals surface area (Å²) in [5.41, 5.74) is 1.40. The zero-order valence-electron chi connectivity index (χ0n) is 13.1. The van der Waals surface area contributed by atoms with Gasteiger partial charge in [0.25, 0.3) is 5.91 Å². The van der Waals surface area contributed by atoms with Crippen LogP contribution in [0, 0.1) is 5.92 Å². The van der Waals surface area contributed by atoms with Crippen LogP contribution in [0.25, 0.3) is 0 Å². The topological polar surface area (TPSA) is 38.3 Å². The van der Waals surface area contributed by atoms with Crippen molar-refractivity contribution in [3.63, 3.8) is 0 Å². The Morgan fingerprint density at radius 2 is 1.83 bits per heavy atom. The Bertz CT molecular complexity index is 669. The molecule has 0 radical (unpaired) electrons. The van der Waals surface area contributed by atoms with Crippen molar-refractivity contribution >= 4 is 29.1 Å². The summed E-state index contributed by atoms with van der Waals surface area (Å²) in [6.07, 6.45) is 0. The highest BCUT2D eigenvalue weighted by Gasteiger charge is 2.08. The smallest absolute Gasteiger partial charge is 0.251 e. The average Bonchev–Trinajstić information content (AvgIpc) is 2.52. The van der Waals surface area contributed by atoms with Gasteiger partial charge in [-0.3, -0.25) is 4.79 Å². The Morgan fingerprint density at radius 3 is 2.43 bits per heavy atom. The molecule has 0 spiro atoms. The lowest BCUT2D eigenvalue weighted by Gasteiger charge is -2.10. The van der Waals surface area contributed by atoms with Gasteiger partial charge in [-0.05, 0) is 47.9 Å². The van der Waals surface area contributed by atoms with Crippen molar-refractivity contribution in [2.75, 3.05) is 6.61 Å². The molecule has 23 heavy (non-hydrogen) atoms. The van der Waals surface area contributed by atoms with Crippen molar-refractivity contribution in [3.05, 3.63) is 63.6 Å². The maximum atomic E-state index is 12.2. The average molecular weight is 352 g/mol. The van der Waals surface area contributed by atoms with E-state index in [1.807, 2.05) is 0 Å². The highest BCUT2D eigenvalue weighted by atomic mass is 35.5. The van der Waals surface area contributed by atoms with Crippen molar-refractivity contribution in [2.24, 2.45) is 5.92 Å². The van der Waals surface area contributed by atoms with Crippen molar-refractivity contribution in [3.8, 4) is 5.75 Å².